The van der Waals surface area contributed by atoms with Gasteiger partial charge in [-0.05, 0) is 18.6 Å². The summed E-state index contributed by atoms with van der Waals surface area (Å²) in [6, 6.07) is 7.40. The minimum Gasteiger partial charge on any atom is -0.497 e. The highest BCUT2D eigenvalue weighted by Crippen LogP contribution is 2.32. The summed E-state index contributed by atoms with van der Waals surface area (Å²) < 4.78 is 10.5. The van der Waals surface area contributed by atoms with Crippen LogP contribution in [0.15, 0.2) is 18.2 Å². The van der Waals surface area contributed by atoms with Gasteiger partial charge in [-0.15, -0.1) is 0 Å². The molecule has 1 heterocycles. The van der Waals surface area contributed by atoms with Crippen LogP contribution in [0.25, 0.3) is 10.9 Å². The fourth-order valence-corrected chi connectivity index (χ4v) is 1.84. The second-order valence-corrected chi connectivity index (χ2v) is 3.66. The summed E-state index contributed by atoms with van der Waals surface area (Å²) in [5.74, 6) is 1.37. The molecule has 0 N–H and O–H groups in total. The van der Waals surface area contributed by atoms with Crippen LogP contribution < -0.4 is 9.47 Å². The van der Waals surface area contributed by atoms with Crippen LogP contribution in [0.4, 0.5) is 0 Å². The van der Waals surface area contributed by atoms with Crippen LogP contribution in [0.3, 0.4) is 0 Å². The smallest absolute Gasteiger partial charge is 0.141 e. The Morgan fingerprint density at radius 3 is 2.53 bits per heavy atom. The molecule has 0 aliphatic rings. The number of nitrogens with zero attached hydrogens (tertiary/aromatic N) is 2. The van der Waals surface area contributed by atoms with Crippen LogP contribution in [0.2, 0.25) is 0 Å². The summed E-state index contributed by atoms with van der Waals surface area (Å²) >= 11 is 0. The lowest BCUT2D eigenvalue weighted by atomic mass is 10.1. The van der Waals surface area contributed by atoms with Gasteiger partial charge in [0.15, 0.2) is 0 Å². The third-order valence-corrected chi connectivity index (χ3v) is 2.61. The molecule has 1 aromatic carbocycles. The number of rotatable bonds is 2. The summed E-state index contributed by atoms with van der Waals surface area (Å²) in [5.41, 5.74) is 2.06. The van der Waals surface area contributed by atoms with Crippen molar-refractivity contribution in [2.75, 3.05) is 14.2 Å². The van der Waals surface area contributed by atoms with E-state index in [9.17, 15) is 0 Å². The zero-order valence-electron chi connectivity index (χ0n) is 9.94. The standard InChI is InChI=1S/C13H12N2O2/c1-8-4-9(7-14)15-11-5-10(16-2)6-12(17-3)13(8)11/h4-6H,1-3H3. The monoisotopic (exact) mass is 228 g/mol. The normalized spacial score (nSPS) is 10.0. The van der Waals surface area contributed by atoms with Crippen LogP contribution in [0.5, 0.6) is 11.5 Å². The Balaban J connectivity index is 2.85. The number of nitriles is 1. The number of pyridine rings is 1. The molecule has 0 aliphatic heterocycles. The van der Waals surface area contributed by atoms with Crippen molar-refractivity contribution in [3.8, 4) is 17.6 Å². The first-order chi connectivity index (χ1) is 8.19. The van der Waals surface area contributed by atoms with Crippen LogP contribution in [0, 0.1) is 18.3 Å². The molecule has 17 heavy (non-hydrogen) atoms. The molecule has 1 aromatic heterocycles. The third kappa shape index (κ3) is 1.87. The van der Waals surface area contributed by atoms with E-state index in [1.807, 2.05) is 19.1 Å². The van der Waals surface area contributed by atoms with Crippen molar-refractivity contribution in [2.45, 2.75) is 6.92 Å². The number of methoxy groups -OCH3 is 2. The van der Waals surface area contributed by atoms with E-state index in [1.54, 1.807) is 26.4 Å². The fraction of sp³-hybridized carbons (Fsp3) is 0.231. The maximum absolute atomic E-state index is 8.90. The largest absolute Gasteiger partial charge is 0.497 e. The second-order valence-electron chi connectivity index (χ2n) is 3.66. The lowest BCUT2D eigenvalue weighted by Crippen LogP contribution is -1.94. The van der Waals surface area contributed by atoms with Crippen molar-refractivity contribution in [1.82, 2.24) is 4.98 Å². The number of aromatic nitrogens is 1. The topological polar surface area (TPSA) is 55.1 Å². The van der Waals surface area contributed by atoms with Crippen molar-refractivity contribution < 1.29 is 9.47 Å². The average molecular weight is 228 g/mol. The Morgan fingerprint density at radius 1 is 1.18 bits per heavy atom. The average Bonchev–Trinajstić information content (AvgIpc) is 2.36. The molecular formula is C13H12N2O2. The lowest BCUT2D eigenvalue weighted by molar-refractivity contribution is 0.397. The van der Waals surface area contributed by atoms with Gasteiger partial charge in [-0.2, -0.15) is 5.26 Å². The quantitative estimate of drug-likeness (QED) is 0.792. The van der Waals surface area contributed by atoms with Crippen LogP contribution in [-0.4, -0.2) is 19.2 Å². The first kappa shape index (κ1) is 11.2. The molecule has 0 amide bonds. The van der Waals surface area contributed by atoms with Crippen molar-refractivity contribution in [1.29, 1.82) is 5.26 Å². The van der Waals surface area contributed by atoms with Crippen molar-refractivity contribution in [3.05, 3.63) is 29.5 Å². The molecule has 0 saturated heterocycles. The van der Waals surface area contributed by atoms with E-state index in [1.165, 1.54) is 0 Å². The summed E-state index contributed by atoms with van der Waals surface area (Å²) in [5, 5.41) is 9.81. The molecule has 2 rings (SSSR count). The first-order valence-corrected chi connectivity index (χ1v) is 5.13. The minimum absolute atomic E-state index is 0.394. The highest BCUT2D eigenvalue weighted by atomic mass is 16.5. The van der Waals surface area contributed by atoms with Crippen LogP contribution in [0.1, 0.15) is 11.3 Å². The third-order valence-electron chi connectivity index (χ3n) is 2.61. The fourth-order valence-electron chi connectivity index (χ4n) is 1.84. The summed E-state index contributed by atoms with van der Waals surface area (Å²) in [4.78, 5) is 4.25. The number of hydrogen-bond donors (Lipinski definition) is 0. The van der Waals surface area contributed by atoms with E-state index in [0.29, 0.717) is 22.7 Å². The van der Waals surface area contributed by atoms with Gasteiger partial charge in [0, 0.05) is 17.5 Å². The summed E-state index contributed by atoms with van der Waals surface area (Å²) in [6.07, 6.45) is 0. The SMILES string of the molecule is COc1cc(OC)c2c(C)cc(C#N)nc2c1. The molecule has 0 atom stereocenters. The zero-order valence-corrected chi connectivity index (χ0v) is 9.94. The van der Waals surface area contributed by atoms with Crippen molar-refractivity contribution in [2.24, 2.45) is 0 Å². The zero-order chi connectivity index (χ0) is 12.4. The van der Waals surface area contributed by atoms with Gasteiger partial charge in [-0.25, -0.2) is 4.98 Å². The number of hydrogen-bond acceptors (Lipinski definition) is 4. The number of fused-ring (bicyclic) bond motifs is 1. The Labute approximate surface area is 99.4 Å². The number of benzene rings is 1. The minimum atomic E-state index is 0.394. The molecule has 0 bridgehead atoms. The highest BCUT2D eigenvalue weighted by molar-refractivity contribution is 5.90. The summed E-state index contributed by atoms with van der Waals surface area (Å²) in [6.45, 7) is 1.93. The van der Waals surface area contributed by atoms with Gasteiger partial charge in [0.05, 0.1) is 19.7 Å². The Kier molecular flexibility index (Phi) is 2.84. The summed E-state index contributed by atoms with van der Waals surface area (Å²) in [7, 11) is 3.19. The van der Waals surface area contributed by atoms with Gasteiger partial charge < -0.3 is 9.47 Å². The molecule has 86 valence electrons. The number of ether oxygens (including phenoxy) is 2. The van der Waals surface area contributed by atoms with E-state index >= 15 is 0 Å². The van der Waals surface area contributed by atoms with E-state index in [0.717, 1.165) is 10.9 Å². The number of aryl methyl sites for hydroxylation is 1. The Bertz CT molecular complexity index is 615. The molecule has 0 radical (unpaired) electrons. The van der Waals surface area contributed by atoms with Gasteiger partial charge in [0.2, 0.25) is 0 Å². The second kappa shape index (κ2) is 4.30. The maximum Gasteiger partial charge on any atom is 0.141 e. The molecule has 0 aliphatic carbocycles. The highest BCUT2D eigenvalue weighted by Gasteiger charge is 2.10. The van der Waals surface area contributed by atoms with Gasteiger partial charge in [0.1, 0.15) is 23.3 Å². The van der Waals surface area contributed by atoms with Gasteiger partial charge >= 0.3 is 0 Å². The van der Waals surface area contributed by atoms with E-state index in [-0.39, 0.29) is 0 Å². The van der Waals surface area contributed by atoms with E-state index < -0.39 is 0 Å². The molecule has 4 nitrogen and oxygen atoms in total. The molecule has 2 aromatic rings. The van der Waals surface area contributed by atoms with Gasteiger partial charge in [-0.3, -0.25) is 0 Å². The van der Waals surface area contributed by atoms with Crippen LogP contribution >= 0.6 is 0 Å². The van der Waals surface area contributed by atoms with Crippen LogP contribution in [-0.2, 0) is 0 Å². The van der Waals surface area contributed by atoms with E-state index in [4.69, 9.17) is 14.7 Å². The van der Waals surface area contributed by atoms with Gasteiger partial charge in [-0.1, -0.05) is 0 Å². The van der Waals surface area contributed by atoms with Crippen molar-refractivity contribution in [3.63, 3.8) is 0 Å². The molecule has 4 heteroatoms. The molecule has 0 fully saturated rings. The predicted octanol–water partition coefficient (Wildman–Crippen LogP) is 2.43. The molecule has 0 unspecified atom stereocenters. The van der Waals surface area contributed by atoms with Crippen molar-refractivity contribution >= 4 is 10.9 Å². The Hall–Kier alpha value is -2.28. The maximum atomic E-state index is 8.90. The first-order valence-electron chi connectivity index (χ1n) is 5.13. The molecular weight excluding hydrogens is 216 g/mol. The van der Waals surface area contributed by atoms with Gasteiger partial charge in [0.25, 0.3) is 0 Å². The Morgan fingerprint density at radius 2 is 1.94 bits per heavy atom. The molecule has 0 spiro atoms. The molecule has 0 saturated carbocycles. The predicted molar refractivity (Wildman–Crippen MR) is 64.3 cm³/mol. The van der Waals surface area contributed by atoms with E-state index in [2.05, 4.69) is 4.98 Å². The lowest BCUT2D eigenvalue weighted by Gasteiger charge is -2.10.